The number of nitriles is 2. The molecule has 8 aromatic rings. The molecule has 0 saturated carbocycles. The largest absolute Gasteiger partial charge is 0.508 e. The zero-order valence-corrected chi connectivity index (χ0v) is 54.9. The van der Waals surface area contributed by atoms with Crippen molar-refractivity contribution in [3.8, 4) is 17.9 Å². The van der Waals surface area contributed by atoms with E-state index in [9.17, 15) is 76.6 Å². The molecule has 2 amide bonds. The van der Waals surface area contributed by atoms with Gasteiger partial charge < -0.3 is 37.3 Å². The van der Waals surface area contributed by atoms with Crippen molar-refractivity contribution in [2.24, 2.45) is 10.9 Å². The number of phenolic OH excluding ortho intramolecular Hbond substituents is 1. The van der Waals surface area contributed by atoms with Gasteiger partial charge in [0.05, 0.1) is 57.5 Å². The number of nitrogens with zero attached hydrogens (tertiary/aromatic N) is 3. The normalized spacial score (nSPS) is 11.7. The molecule has 98 heavy (non-hydrogen) atoms. The summed E-state index contributed by atoms with van der Waals surface area (Å²) in [4.78, 5) is 32.2. The molecule has 0 fully saturated rings. The maximum atomic E-state index is 14.0. The summed E-state index contributed by atoms with van der Waals surface area (Å²) in [6.45, 7) is 21.5. The Morgan fingerprint density at radius 1 is 0.490 bits per heavy atom. The van der Waals surface area contributed by atoms with Crippen molar-refractivity contribution in [1.29, 1.82) is 10.5 Å². The maximum Gasteiger partial charge on any atom is 0.221 e. The molecule has 518 valence electrons. The van der Waals surface area contributed by atoms with Gasteiger partial charge in [-0.1, -0.05) is 11.7 Å². The highest BCUT2D eigenvalue weighted by Gasteiger charge is 2.22. The van der Waals surface area contributed by atoms with Gasteiger partial charge in [0.2, 0.25) is 11.8 Å². The Morgan fingerprint density at radius 3 is 1.14 bits per heavy atom. The standard InChI is InChI=1S/C17H14F2N2O.C16H14F2N2O.C11H13F2NO.C11H11F2NO.C9H9F2NO.C8H8F3N/c1-10-5-14(18)17(15(19)6-10)11(2)21-16-4-3-12(9-22)7-13(16)8-20;1-9-5-13(17)16(14(18)6-9)10(2)20-15-4-3-12(21)7-11(15)8-19;2*1-6-4-9(12)11(10(13)5-6)7(2)14-8(3)15;1-5-3-7(10)9(6(2)12-13)8(11)4-5;1-4(12)8-6(10)2-5(9)3-7(8)11/h3-7,9,11,21H,1-2H3;3-7,10,20-21H,1-2H3;4-5,7H,1-3H3,(H,14,15);4-5H,2H2,1,3H3,(H,14,15);3-4,13H,1-2H3;2-4H,12H2,1H3/t11-;10-;7-;;;4-/m111..1/s1. The summed E-state index contributed by atoms with van der Waals surface area (Å²) in [6, 6.07) is 23.3. The Morgan fingerprint density at radius 2 is 0.816 bits per heavy atom. The summed E-state index contributed by atoms with van der Waals surface area (Å²) in [5, 5.41) is 49.1. The molecule has 0 heterocycles. The molecule has 26 heteroatoms. The number of rotatable bonds is 13. The van der Waals surface area contributed by atoms with Crippen LogP contribution in [0.4, 0.5) is 68.5 Å². The minimum atomic E-state index is -0.942. The van der Waals surface area contributed by atoms with Crippen molar-refractivity contribution in [3.05, 3.63) is 269 Å². The third kappa shape index (κ3) is 23.7. The molecule has 0 radical (unpaired) electrons. The SMILES string of the molecule is C=C(NC(C)=O)c1c(F)cc(C)cc1F.CC(=NO)c1c(F)cc(C)cc1F.CC(=O)N[C@H](C)c1c(F)cc(C)cc1F.C[C@@H](N)c1c(F)cc(F)cc1F.Cc1cc(F)c([C@@H](C)Nc2ccc(C=O)cc2C#N)c(F)c1.Cc1cc(F)c([C@@H](C)Nc2ccc(O)cc2C#N)c(F)c1. The van der Waals surface area contributed by atoms with Crippen molar-refractivity contribution in [1.82, 2.24) is 10.6 Å². The Hall–Kier alpha value is -11.0. The molecule has 0 aromatic heterocycles. The number of carbonyl (C=O) groups is 3. The Labute approximate surface area is 557 Å². The number of nitrogens with two attached hydrogens (primary N) is 1. The van der Waals surface area contributed by atoms with Gasteiger partial charge in [0.25, 0.3) is 0 Å². The number of amides is 2. The summed E-state index contributed by atoms with van der Waals surface area (Å²) in [5.41, 5.74) is 8.10. The minimum Gasteiger partial charge on any atom is -0.508 e. The van der Waals surface area contributed by atoms with E-state index < -0.39 is 106 Å². The lowest BCUT2D eigenvalue weighted by Gasteiger charge is -2.18. The van der Waals surface area contributed by atoms with Gasteiger partial charge in [-0.3, -0.25) is 14.4 Å². The number of aryl methyl sites for hydroxylation is 5. The van der Waals surface area contributed by atoms with Gasteiger partial charge in [-0.25, -0.2) is 57.1 Å². The first-order chi connectivity index (χ1) is 45.8. The highest BCUT2D eigenvalue weighted by atomic mass is 19.2. The molecule has 4 atom stereocenters. The van der Waals surface area contributed by atoms with Crippen molar-refractivity contribution < 1.29 is 81.8 Å². The number of phenols is 1. The summed E-state index contributed by atoms with van der Waals surface area (Å²) in [5.74, 6) is -10.3. The van der Waals surface area contributed by atoms with E-state index in [4.69, 9.17) is 21.5 Å². The van der Waals surface area contributed by atoms with E-state index in [0.29, 0.717) is 63.2 Å². The van der Waals surface area contributed by atoms with Gasteiger partial charge in [-0.2, -0.15) is 10.5 Å². The average Bonchev–Trinajstić information content (AvgIpc) is 0.844. The van der Waals surface area contributed by atoms with Crippen LogP contribution in [0.5, 0.6) is 5.75 Å². The zero-order valence-electron chi connectivity index (χ0n) is 54.9. The summed E-state index contributed by atoms with van der Waals surface area (Å²) >= 11 is 0. The van der Waals surface area contributed by atoms with E-state index >= 15 is 0 Å². The van der Waals surface area contributed by atoms with Crippen LogP contribution in [0.3, 0.4) is 0 Å². The van der Waals surface area contributed by atoms with Crippen molar-refractivity contribution in [2.75, 3.05) is 10.6 Å². The second-order valence-electron chi connectivity index (χ2n) is 22.1. The number of hydrogen-bond donors (Lipinski definition) is 7. The van der Waals surface area contributed by atoms with E-state index in [-0.39, 0.29) is 67.6 Å². The molecule has 0 aliphatic rings. The van der Waals surface area contributed by atoms with Crippen LogP contribution in [0.2, 0.25) is 0 Å². The Balaban J connectivity index is 0.000000311. The number of halogens is 13. The predicted octanol–water partition coefficient (Wildman–Crippen LogP) is 17.6. The molecular formula is C72H69F13N8O5. The number of anilines is 2. The number of benzene rings is 8. The summed E-state index contributed by atoms with van der Waals surface area (Å²) in [7, 11) is 0. The number of hydrogen-bond acceptors (Lipinski definition) is 11. The number of nitrogens with one attached hydrogen (secondary N) is 4. The molecule has 13 nitrogen and oxygen atoms in total. The van der Waals surface area contributed by atoms with E-state index in [2.05, 4.69) is 33.0 Å². The van der Waals surface area contributed by atoms with Crippen LogP contribution in [-0.2, 0) is 9.59 Å². The van der Waals surface area contributed by atoms with Crippen molar-refractivity contribution in [3.63, 3.8) is 0 Å². The molecule has 8 aromatic carbocycles. The average molecular weight is 1370 g/mol. The maximum absolute atomic E-state index is 14.0. The van der Waals surface area contributed by atoms with Crippen LogP contribution in [0, 0.1) is 133 Å². The number of aromatic hydroxyl groups is 1. The van der Waals surface area contributed by atoms with Crippen LogP contribution in [0.25, 0.3) is 5.70 Å². The van der Waals surface area contributed by atoms with E-state index in [1.807, 2.05) is 12.1 Å². The Kier molecular flexibility index (Phi) is 31.0. The lowest BCUT2D eigenvalue weighted by Crippen LogP contribution is -2.25. The molecule has 8 N–H and O–H groups in total. The van der Waals surface area contributed by atoms with Gasteiger partial charge >= 0.3 is 0 Å². The zero-order chi connectivity index (χ0) is 74.3. The van der Waals surface area contributed by atoms with Gasteiger partial charge in [-0.05, 0) is 194 Å². The van der Waals surface area contributed by atoms with Crippen LogP contribution >= 0.6 is 0 Å². The van der Waals surface area contributed by atoms with Gasteiger partial charge in [0.15, 0.2) is 0 Å². The van der Waals surface area contributed by atoms with Crippen LogP contribution in [-0.4, -0.2) is 34.1 Å². The molecular weight excluding hydrogens is 1300 g/mol. The molecule has 0 aliphatic heterocycles. The monoisotopic (exact) mass is 1370 g/mol. The third-order valence-electron chi connectivity index (χ3n) is 13.6. The smallest absolute Gasteiger partial charge is 0.221 e. The number of carbonyl (C=O) groups excluding carboxylic acids is 3. The first-order valence-electron chi connectivity index (χ1n) is 29.2. The van der Waals surface area contributed by atoms with Gasteiger partial charge in [0, 0.05) is 65.5 Å². The highest BCUT2D eigenvalue weighted by molar-refractivity contribution is 5.98. The number of oxime groups is 1. The van der Waals surface area contributed by atoms with Crippen LogP contribution < -0.4 is 27.0 Å². The van der Waals surface area contributed by atoms with Gasteiger partial charge in [-0.15, -0.1) is 0 Å². The first kappa shape index (κ1) is 81.2. The molecule has 0 aliphatic carbocycles. The third-order valence-corrected chi connectivity index (χ3v) is 13.6. The van der Waals surface area contributed by atoms with Gasteiger partial charge in [0.1, 0.15) is 99.8 Å². The summed E-state index contributed by atoms with van der Waals surface area (Å²) in [6.07, 6.45) is 0.632. The molecule has 8 rings (SSSR count). The van der Waals surface area contributed by atoms with E-state index in [1.54, 1.807) is 54.5 Å². The fourth-order valence-corrected chi connectivity index (χ4v) is 9.31. The van der Waals surface area contributed by atoms with Crippen molar-refractivity contribution in [2.45, 2.75) is 107 Å². The van der Waals surface area contributed by atoms with E-state index in [1.165, 1.54) is 126 Å². The quantitative estimate of drug-likeness (QED) is 0.0144. The second kappa shape index (κ2) is 37.3. The molecule has 0 spiro atoms. The topological polar surface area (TPSA) is 226 Å². The van der Waals surface area contributed by atoms with Crippen molar-refractivity contribution >= 4 is 40.9 Å². The predicted molar refractivity (Wildman–Crippen MR) is 347 cm³/mol. The second-order valence-corrected chi connectivity index (χ2v) is 22.1. The van der Waals surface area contributed by atoms with E-state index in [0.717, 1.165) is 0 Å². The highest BCUT2D eigenvalue weighted by Crippen LogP contribution is 2.31. The van der Waals surface area contributed by atoms with Crippen LogP contribution in [0.15, 0.2) is 121 Å². The molecule has 0 bridgehead atoms. The first-order valence-corrected chi connectivity index (χ1v) is 29.2. The number of aldehydes is 1. The molecule has 0 unspecified atom stereocenters. The lowest BCUT2D eigenvalue weighted by atomic mass is 10.0. The van der Waals surface area contributed by atoms with Crippen LogP contribution in [0.1, 0.15) is 155 Å². The molecule has 0 saturated heterocycles. The summed E-state index contributed by atoms with van der Waals surface area (Å²) < 4.78 is 174. The minimum absolute atomic E-state index is 0.0440. The fraction of sp³-hybridized carbons (Fsp3) is 0.222. The lowest BCUT2D eigenvalue weighted by molar-refractivity contribution is -0.120. The fourth-order valence-electron chi connectivity index (χ4n) is 9.31. The Bertz CT molecular complexity index is 4200.